The van der Waals surface area contributed by atoms with Crippen LogP contribution < -0.4 is 16.4 Å². The average molecular weight is 315 g/mol. The maximum absolute atomic E-state index is 11.8. The molecule has 1 aromatic heterocycles. The van der Waals surface area contributed by atoms with E-state index < -0.39 is 0 Å². The molecule has 18 heavy (non-hydrogen) atoms. The van der Waals surface area contributed by atoms with Gasteiger partial charge in [0.05, 0.1) is 5.69 Å². The minimum atomic E-state index is -0.375. The predicted molar refractivity (Wildman–Crippen MR) is 77.3 cm³/mol. The Hall–Kier alpha value is -1.30. The largest absolute Gasteiger partial charge is 0.396 e. The van der Waals surface area contributed by atoms with Gasteiger partial charge in [0.15, 0.2) is 0 Å². The molecule has 1 aromatic rings. The lowest BCUT2D eigenvalue weighted by molar-refractivity contribution is -0.121. The van der Waals surface area contributed by atoms with Gasteiger partial charge in [-0.3, -0.25) is 4.79 Å². The van der Waals surface area contributed by atoms with Gasteiger partial charge >= 0.3 is 0 Å². The normalized spacial score (nSPS) is 12.3. The standard InChI is InChI=1S/C12H19BrN4O/c1-7(2)5-16-12(18)8(3)17-11-10(14)4-9(13)6-15-11/h4,6-8H,5,14H2,1-3H3,(H,15,17)(H,16,18). The molecular weight excluding hydrogens is 296 g/mol. The summed E-state index contributed by atoms with van der Waals surface area (Å²) in [6, 6.07) is 1.37. The van der Waals surface area contributed by atoms with Crippen LogP contribution in [-0.4, -0.2) is 23.5 Å². The van der Waals surface area contributed by atoms with E-state index in [0.29, 0.717) is 24.0 Å². The fourth-order valence-electron chi connectivity index (χ4n) is 1.30. The molecule has 0 aromatic carbocycles. The number of nitrogens with two attached hydrogens (primary N) is 1. The van der Waals surface area contributed by atoms with Crippen LogP contribution in [0.1, 0.15) is 20.8 Å². The Morgan fingerprint density at radius 1 is 1.50 bits per heavy atom. The van der Waals surface area contributed by atoms with Crippen molar-refractivity contribution in [2.24, 2.45) is 5.92 Å². The Labute approximate surface area is 116 Å². The minimum Gasteiger partial charge on any atom is -0.396 e. The van der Waals surface area contributed by atoms with Gasteiger partial charge in [-0.2, -0.15) is 0 Å². The molecule has 0 saturated heterocycles. The third kappa shape index (κ3) is 4.52. The molecule has 0 bridgehead atoms. The zero-order chi connectivity index (χ0) is 13.7. The number of nitrogen functional groups attached to an aromatic ring is 1. The second kappa shape index (κ2) is 6.58. The molecule has 1 atom stereocenters. The number of anilines is 2. The van der Waals surface area contributed by atoms with Crippen molar-refractivity contribution in [3.63, 3.8) is 0 Å². The Kier molecular flexibility index (Phi) is 5.40. The zero-order valence-corrected chi connectivity index (χ0v) is 12.4. The number of hydrogen-bond acceptors (Lipinski definition) is 4. The Bertz CT molecular complexity index is 423. The van der Waals surface area contributed by atoms with Gasteiger partial charge in [0.1, 0.15) is 11.9 Å². The Morgan fingerprint density at radius 3 is 2.72 bits per heavy atom. The van der Waals surface area contributed by atoms with Crippen LogP contribution in [0.3, 0.4) is 0 Å². The molecule has 0 saturated carbocycles. The molecule has 0 aliphatic heterocycles. The summed E-state index contributed by atoms with van der Waals surface area (Å²) < 4.78 is 0.808. The smallest absolute Gasteiger partial charge is 0.242 e. The van der Waals surface area contributed by atoms with E-state index in [1.807, 2.05) is 13.8 Å². The summed E-state index contributed by atoms with van der Waals surface area (Å²) in [6.45, 7) is 6.53. The SMILES string of the molecule is CC(C)CNC(=O)C(C)Nc1ncc(Br)cc1N. The van der Waals surface area contributed by atoms with Gasteiger partial charge in [-0.15, -0.1) is 0 Å². The fraction of sp³-hybridized carbons (Fsp3) is 0.500. The van der Waals surface area contributed by atoms with Gasteiger partial charge in [-0.1, -0.05) is 13.8 Å². The highest BCUT2D eigenvalue weighted by atomic mass is 79.9. The highest BCUT2D eigenvalue weighted by molar-refractivity contribution is 9.10. The van der Waals surface area contributed by atoms with Crippen molar-refractivity contribution in [2.45, 2.75) is 26.8 Å². The quantitative estimate of drug-likeness (QED) is 0.776. The number of rotatable bonds is 5. The number of carbonyl (C=O) groups excluding carboxylic acids is 1. The molecule has 1 rings (SSSR count). The molecule has 0 fully saturated rings. The van der Waals surface area contributed by atoms with Gasteiger partial charge in [-0.25, -0.2) is 4.98 Å². The summed E-state index contributed by atoms with van der Waals surface area (Å²) in [4.78, 5) is 15.9. The first-order valence-electron chi connectivity index (χ1n) is 5.85. The van der Waals surface area contributed by atoms with E-state index in [1.54, 1.807) is 19.2 Å². The second-order valence-corrected chi connectivity index (χ2v) is 5.51. The van der Waals surface area contributed by atoms with Crippen LogP contribution in [0.4, 0.5) is 11.5 Å². The Balaban J connectivity index is 2.58. The summed E-state index contributed by atoms with van der Waals surface area (Å²) in [5.74, 6) is 0.884. The molecule has 4 N–H and O–H groups in total. The van der Waals surface area contributed by atoms with Crippen LogP contribution >= 0.6 is 15.9 Å². The minimum absolute atomic E-state index is 0.0622. The highest BCUT2D eigenvalue weighted by Crippen LogP contribution is 2.20. The first-order chi connectivity index (χ1) is 8.40. The van der Waals surface area contributed by atoms with Gasteiger partial charge in [-0.05, 0) is 34.8 Å². The maximum atomic E-state index is 11.8. The molecule has 0 aliphatic rings. The molecule has 0 aliphatic carbocycles. The first kappa shape index (κ1) is 14.8. The number of nitrogens with zero attached hydrogens (tertiary/aromatic N) is 1. The lowest BCUT2D eigenvalue weighted by Gasteiger charge is -2.16. The molecular formula is C12H19BrN4O. The molecule has 1 heterocycles. The zero-order valence-electron chi connectivity index (χ0n) is 10.8. The summed E-state index contributed by atoms with van der Waals surface area (Å²) in [7, 11) is 0. The molecule has 5 nitrogen and oxygen atoms in total. The molecule has 1 amide bonds. The number of pyridine rings is 1. The van der Waals surface area contributed by atoms with Gasteiger partial charge in [0, 0.05) is 17.2 Å². The Morgan fingerprint density at radius 2 is 2.17 bits per heavy atom. The molecule has 100 valence electrons. The highest BCUT2D eigenvalue weighted by Gasteiger charge is 2.14. The van der Waals surface area contributed by atoms with E-state index in [4.69, 9.17) is 5.73 Å². The van der Waals surface area contributed by atoms with Crippen molar-refractivity contribution in [1.82, 2.24) is 10.3 Å². The van der Waals surface area contributed by atoms with Crippen LogP contribution in [0.2, 0.25) is 0 Å². The second-order valence-electron chi connectivity index (χ2n) is 4.60. The molecule has 1 unspecified atom stereocenters. The van der Waals surface area contributed by atoms with E-state index >= 15 is 0 Å². The summed E-state index contributed by atoms with van der Waals surface area (Å²) in [5, 5.41) is 5.85. The van der Waals surface area contributed by atoms with Crippen molar-refractivity contribution in [3.8, 4) is 0 Å². The fourth-order valence-corrected chi connectivity index (χ4v) is 1.65. The topological polar surface area (TPSA) is 80.0 Å². The summed E-state index contributed by atoms with van der Waals surface area (Å²) >= 11 is 3.28. The lowest BCUT2D eigenvalue weighted by atomic mass is 10.2. The van der Waals surface area contributed by atoms with E-state index in [1.165, 1.54) is 0 Å². The van der Waals surface area contributed by atoms with E-state index in [0.717, 1.165) is 4.47 Å². The first-order valence-corrected chi connectivity index (χ1v) is 6.64. The van der Waals surface area contributed by atoms with Crippen molar-refractivity contribution in [3.05, 3.63) is 16.7 Å². The number of carbonyl (C=O) groups is 1. The van der Waals surface area contributed by atoms with Crippen LogP contribution in [0, 0.1) is 5.92 Å². The molecule has 0 radical (unpaired) electrons. The maximum Gasteiger partial charge on any atom is 0.242 e. The third-order valence-electron chi connectivity index (χ3n) is 2.31. The monoisotopic (exact) mass is 314 g/mol. The van der Waals surface area contributed by atoms with E-state index in [9.17, 15) is 4.79 Å². The molecule has 6 heteroatoms. The number of aromatic nitrogens is 1. The van der Waals surface area contributed by atoms with Crippen molar-refractivity contribution in [1.29, 1.82) is 0 Å². The van der Waals surface area contributed by atoms with Gasteiger partial charge in [0.25, 0.3) is 0 Å². The lowest BCUT2D eigenvalue weighted by Crippen LogP contribution is -2.39. The van der Waals surface area contributed by atoms with Crippen molar-refractivity contribution < 1.29 is 4.79 Å². The van der Waals surface area contributed by atoms with Crippen LogP contribution in [-0.2, 0) is 4.79 Å². The van der Waals surface area contributed by atoms with Crippen LogP contribution in [0.15, 0.2) is 16.7 Å². The number of halogens is 1. The number of hydrogen-bond donors (Lipinski definition) is 3. The third-order valence-corrected chi connectivity index (χ3v) is 2.75. The predicted octanol–water partition coefficient (Wildman–Crippen LogP) is 2.00. The number of amides is 1. The van der Waals surface area contributed by atoms with E-state index in [-0.39, 0.29) is 11.9 Å². The van der Waals surface area contributed by atoms with Crippen molar-refractivity contribution >= 4 is 33.3 Å². The van der Waals surface area contributed by atoms with Crippen LogP contribution in [0.5, 0.6) is 0 Å². The number of nitrogens with one attached hydrogen (secondary N) is 2. The van der Waals surface area contributed by atoms with Gasteiger partial charge in [0.2, 0.25) is 5.91 Å². The van der Waals surface area contributed by atoms with Crippen LogP contribution in [0.25, 0.3) is 0 Å². The van der Waals surface area contributed by atoms with E-state index in [2.05, 4.69) is 31.5 Å². The van der Waals surface area contributed by atoms with Crippen molar-refractivity contribution in [2.75, 3.05) is 17.6 Å². The molecule has 0 spiro atoms. The summed E-state index contributed by atoms with van der Waals surface area (Å²) in [5.41, 5.74) is 6.31. The average Bonchev–Trinajstić information content (AvgIpc) is 2.29. The van der Waals surface area contributed by atoms with Gasteiger partial charge < -0.3 is 16.4 Å². The summed E-state index contributed by atoms with van der Waals surface area (Å²) in [6.07, 6.45) is 1.64.